The molecule has 45 heavy (non-hydrogen) atoms. The van der Waals surface area contributed by atoms with E-state index in [9.17, 15) is 9.59 Å². The van der Waals surface area contributed by atoms with Crippen LogP contribution in [-0.2, 0) is 6.61 Å². The fourth-order valence-electron chi connectivity index (χ4n) is 6.07. The lowest BCUT2D eigenvalue weighted by molar-refractivity contribution is 0.0595. The summed E-state index contributed by atoms with van der Waals surface area (Å²) in [5.74, 6) is 1.83. The molecule has 232 valence electrons. The molecule has 2 amide bonds. The topological polar surface area (TPSA) is 71.1 Å². The summed E-state index contributed by atoms with van der Waals surface area (Å²) in [6.45, 7) is 3.45. The molecule has 0 aromatic heterocycles. The number of nitrogens with zero attached hydrogens (tertiary/aromatic N) is 2. The Balaban J connectivity index is 0.946. The van der Waals surface area contributed by atoms with Crippen LogP contribution in [0.3, 0.4) is 0 Å². The van der Waals surface area contributed by atoms with Gasteiger partial charge in [0.1, 0.15) is 24.2 Å². The summed E-state index contributed by atoms with van der Waals surface area (Å²) in [6, 6.07) is 33.9. The van der Waals surface area contributed by atoms with Crippen molar-refractivity contribution in [3.8, 4) is 22.6 Å². The van der Waals surface area contributed by atoms with E-state index in [1.165, 1.54) is 0 Å². The standard InChI is InChI=1S/C38H41N3O4/c1-39-33-19-23-40(24-20-33)38(43)32-11-9-29(10-12-32)30-13-17-34(18-14-30)44-27-28-7-15-35(16-8-28)45-36-21-25-41(26-22-36)37(42)31-5-3-2-4-6-31/h2-18,33,36,39H,19-27H2,1H3. The third-order valence-corrected chi connectivity index (χ3v) is 8.89. The molecule has 4 aromatic rings. The lowest BCUT2D eigenvalue weighted by atomic mass is 10.0. The minimum Gasteiger partial charge on any atom is -0.490 e. The van der Waals surface area contributed by atoms with Crippen molar-refractivity contribution in [2.75, 3.05) is 33.2 Å². The second-order valence-electron chi connectivity index (χ2n) is 11.9. The Morgan fingerprint density at radius 3 is 1.73 bits per heavy atom. The van der Waals surface area contributed by atoms with Gasteiger partial charge in [-0.1, -0.05) is 54.6 Å². The molecule has 2 heterocycles. The summed E-state index contributed by atoms with van der Waals surface area (Å²) in [4.78, 5) is 29.5. The fraction of sp³-hybridized carbons (Fsp3) is 0.316. The molecule has 0 atom stereocenters. The van der Waals surface area contributed by atoms with Crippen LogP contribution in [0.2, 0.25) is 0 Å². The van der Waals surface area contributed by atoms with E-state index in [4.69, 9.17) is 9.47 Å². The van der Waals surface area contributed by atoms with Gasteiger partial charge in [-0.25, -0.2) is 0 Å². The van der Waals surface area contributed by atoms with E-state index in [1.807, 2.05) is 120 Å². The number of carbonyl (C=O) groups is 2. The molecule has 0 spiro atoms. The first-order valence-electron chi connectivity index (χ1n) is 16.0. The molecule has 7 heteroatoms. The van der Waals surface area contributed by atoms with Crippen molar-refractivity contribution in [2.45, 2.75) is 44.4 Å². The van der Waals surface area contributed by atoms with Gasteiger partial charge in [-0.2, -0.15) is 0 Å². The van der Waals surface area contributed by atoms with Gasteiger partial charge in [-0.05, 0) is 85.1 Å². The monoisotopic (exact) mass is 603 g/mol. The summed E-state index contributed by atoms with van der Waals surface area (Å²) in [7, 11) is 1.99. The minimum atomic E-state index is 0.0893. The van der Waals surface area contributed by atoms with Gasteiger partial charge in [0, 0.05) is 56.2 Å². The number of likely N-dealkylation sites (tertiary alicyclic amines) is 2. The summed E-state index contributed by atoms with van der Waals surface area (Å²) in [5.41, 5.74) is 4.67. The fourth-order valence-corrected chi connectivity index (χ4v) is 6.07. The van der Waals surface area contributed by atoms with Gasteiger partial charge in [0.15, 0.2) is 0 Å². The van der Waals surface area contributed by atoms with Gasteiger partial charge in [-0.15, -0.1) is 0 Å². The predicted molar refractivity (Wildman–Crippen MR) is 177 cm³/mol. The molecule has 0 bridgehead atoms. The smallest absolute Gasteiger partial charge is 0.253 e. The van der Waals surface area contributed by atoms with E-state index in [2.05, 4.69) is 5.32 Å². The Hall–Kier alpha value is -4.62. The van der Waals surface area contributed by atoms with Crippen molar-refractivity contribution in [1.29, 1.82) is 0 Å². The second-order valence-corrected chi connectivity index (χ2v) is 11.9. The van der Waals surface area contributed by atoms with E-state index in [1.54, 1.807) is 0 Å². The summed E-state index contributed by atoms with van der Waals surface area (Å²) in [6.07, 6.45) is 3.72. The zero-order valence-electron chi connectivity index (χ0n) is 25.9. The molecule has 0 unspecified atom stereocenters. The zero-order chi connectivity index (χ0) is 31.0. The van der Waals surface area contributed by atoms with Crippen LogP contribution in [0.5, 0.6) is 11.5 Å². The maximum atomic E-state index is 12.9. The van der Waals surface area contributed by atoms with Crippen LogP contribution in [-0.4, -0.2) is 67.0 Å². The zero-order valence-corrected chi connectivity index (χ0v) is 25.9. The lowest BCUT2D eigenvalue weighted by Crippen LogP contribution is -2.43. The third kappa shape index (κ3) is 7.73. The highest BCUT2D eigenvalue weighted by Crippen LogP contribution is 2.25. The van der Waals surface area contributed by atoms with Crippen molar-refractivity contribution < 1.29 is 19.1 Å². The molecule has 6 rings (SSSR count). The first-order valence-corrected chi connectivity index (χ1v) is 16.0. The number of hydrogen-bond donors (Lipinski definition) is 1. The number of ether oxygens (including phenoxy) is 2. The first-order chi connectivity index (χ1) is 22.1. The maximum absolute atomic E-state index is 12.9. The molecule has 0 aliphatic carbocycles. The van der Waals surface area contributed by atoms with Gasteiger partial charge in [0.2, 0.25) is 0 Å². The summed E-state index contributed by atoms with van der Waals surface area (Å²) in [5, 5.41) is 3.31. The van der Waals surface area contributed by atoms with E-state index in [0.29, 0.717) is 25.7 Å². The average molecular weight is 604 g/mol. The van der Waals surface area contributed by atoms with Crippen LogP contribution in [0.15, 0.2) is 103 Å². The highest BCUT2D eigenvalue weighted by molar-refractivity contribution is 5.95. The number of benzene rings is 4. The second kappa shape index (κ2) is 14.4. The van der Waals surface area contributed by atoms with Crippen molar-refractivity contribution in [3.05, 3.63) is 120 Å². The highest BCUT2D eigenvalue weighted by atomic mass is 16.5. The van der Waals surface area contributed by atoms with Gasteiger partial charge in [0.25, 0.3) is 11.8 Å². The molecule has 2 aliphatic heterocycles. The minimum absolute atomic E-state index is 0.0893. The number of amides is 2. The van der Waals surface area contributed by atoms with Gasteiger partial charge < -0.3 is 24.6 Å². The molecule has 2 fully saturated rings. The Kier molecular flexibility index (Phi) is 9.76. The van der Waals surface area contributed by atoms with Crippen LogP contribution in [0.4, 0.5) is 0 Å². The summed E-state index contributed by atoms with van der Waals surface area (Å²) < 4.78 is 12.3. The Morgan fingerprint density at radius 2 is 1.16 bits per heavy atom. The van der Waals surface area contributed by atoms with Crippen molar-refractivity contribution in [2.24, 2.45) is 0 Å². The highest BCUT2D eigenvalue weighted by Gasteiger charge is 2.25. The van der Waals surface area contributed by atoms with E-state index < -0.39 is 0 Å². The Morgan fingerprint density at radius 1 is 0.644 bits per heavy atom. The van der Waals surface area contributed by atoms with Crippen LogP contribution in [0, 0.1) is 0 Å². The molecule has 2 saturated heterocycles. The van der Waals surface area contributed by atoms with Crippen molar-refractivity contribution in [1.82, 2.24) is 15.1 Å². The van der Waals surface area contributed by atoms with Crippen LogP contribution in [0.25, 0.3) is 11.1 Å². The van der Waals surface area contributed by atoms with Crippen LogP contribution < -0.4 is 14.8 Å². The van der Waals surface area contributed by atoms with Crippen LogP contribution >= 0.6 is 0 Å². The maximum Gasteiger partial charge on any atom is 0.253 e. The predicted octanol–water partition coefficient (Wildman–Crippen LogP) is 6.44. The largest absolute Gasteiger partial charge is 0.490 e. The van der Waals surface area contributed by atoms with E-state index in [0.717, 1.165) is 78.1 Å². The summed E-state index contributed by atoms with van der Waals surface area (Å²) >= 11 is 0. The molecule has 7 nitrogen and oxygen atoms in total. The Labute approximate surface area is 265 Å². The number of carbonyl (C=O) groups excluding carboxylic acids is 2. The SMILES string of the molecule is CNC1CCN(C(=O)c2ccc(-c3ccc(OCc4ccc(OC5CCN(C(=O)c6ccccc6)CC5)cc4)cc3)cc2)CC1. The molecule has 2 aliphatic rings. The number of nitrogens with one attached hydrogen (secondary N) is 1. The number of piperidine rings is 2. The molecule has 0 radical (unpaired) electrons. The van der Waals surface area contributed by atoms with Gasteiger partial charge >= 0.3 is 0 Å². The molecular weight excluding hydrogens is 562 g/mol. The Bertz CT molecular complexity index is 1540. The average Bonchev–Trinajstić information content (AvgIpc) is 3.12. The van der Waals surface area contributed by atoms with E-state index >= 15 is 0 Å². The number of rotatable bonds is 9. The lowest BCUT2D eigenvalue weighted by Gasteiger charge is -2.32. The molecule has 4 aromatic carbocycles. The number of hydrogen-bond acceptors (Lipinski definition) is 5. The van der Waals surface area contributed by atoms with Gasteiger partial charge in [-0.3, -0.25) is 9.59 Å². The van der Waals surface area contributed by atoms with Crippen molar-refractivity contribution >= 4 is 11.8 Å². The molecular formula is C38H41N3O4. The first kappa shape index (κ1) is 30.4. The quantitative estimate of drug-likeness (QED) is 0.239. The van der Waals surface area contributed by atoms with Crippen molar-refractivity contribution in [3.63, 3.8) is 0 Å². The molecule has 0 saturated carbocycles. The normalized spacial score (nSPS) is 15.9. The van der Waals surface area contributed by atoms with E-state index in [-0.39, 0.29) is 17.9 Å². The molecule has 1 N–H and O–H groups in total. The third-order valence-electron chi connectivity index (χ3n) is 8.89. The van der Waals surface area contributed by atoms with Crippen LogP contribution in [0.1, 0.15) is 52.0 Å². The van der Waals surface area contributed by atoms with Gasteiger partial charge in [0.05, 0.1) is 0 Å².